The van der Waals surface area contributed by atoms with Gasteiger partial charge in [-0.2, -0.15) is 0 Å². The summed E-state index contributed by atoms with van der Waals surface area (Å²) in [5.41, 5.74) is 6.44. The second kappa shape index (κ2) is 4.91. The Balaban J connectivity index is 2.07. The fourth-order valence-electron chi connectivity index (χ4n) is 3.27. The van der Waals surface area contributed by atoms with Crippen LogP contribution < -0.4 is 15.8 Å². The summed E-state index contributed by atoms with van der Waals surface area (Å²) in [5.74, 6) is -0.442. The first kappa shape index (κ1) is 13.7. The number of piperidine rings is 1. The highest BCUT2D eigenvalue weighted by Gasteiger charge is 2.49. The molecule has 2 aliphatic heterocycles. The van der Waals surface area contributed by atoms with Crippen LogP contribution in [0.1, 0.15) is 24.3 Å². The quantitative estimate of drug-likeness (QED) is 0.771. The molecule has 1 fully saturated rings. The molecule has 0 amide bonds. The third-order valence-electron chi connectivity index (χ3n) is 4.24. The molecule has 0 aliphatic carbocycles. The minimum absolute atomic E-state index is 0.0298. The highest BCUT2D eigenvalue weighted by molar-refractivity contribution is 6.30. The van der Waals surface area contributed by atoms with E-state index in [0.29, 0.717) is 23.7 Å². The second-order valence-corrected chi connectivity index (χ2v) is 5.94. The Labute approximate surface area is 122 Å². The van der Waals surface area contributed by atoms with Crippen molar-refractivity contribution in [2.45, 2.75) is 24.5 Å². The molecule has 1 aromatic carbocycles. The van der Waals surface area contributed by atoms with Crippen LogP contribution in [-0.4, -0.2) is 29.9 Å². The summed E-state index contributed by atoms with van der Waals surface area (Å²) in [6.07, 6.45) is 0.692. The summed E-state index contributed by atoms with van der Waals surface area (Å²) < 4.78 is 5.98. The van der Waals surface area contributed by atoms with Gasteiger partial charge in [-0.15, -0.1) is 0 Å². The van der Waals surface area contributed by atoms with Crippen molar-refractivity contribution in [2.24, 2.45) is 11.7 Å². The Morgan fingerprint density at radius 2 is 2.40 bits per heavy atom. The number of nitrogens with two attached hydrogens (primary N) is 1. The Bertz CT molecular complexity index is 551. The number of hydrogen-bond donors (Lipinski definition) is 3. The number of carbonyl (C=O) groups is 1. The average Bonchev–Trinajstić information content (AvgIpc) is 2.38. The van der Waals surface area contributed by atoms with Gasteiger partial charge in [-0.05, 0) is 23.8 Å². The van der Waals surface area contributed by atoms with Gasteiger partial charge in [-0.1, -0.05) is 11.6 Å². The van der Waals surface area contributed by atoms with Gasteiger partial charge in [0.1, 0.15) is 5.75 Å². The van der Waals surface area contributed by atoms with Gasteiger partial charge in [0, 0.05) is 36.4 Å². The maximum absolute atomic E-state index is 11.2. The van der Waals surface area contributed by atoms with Crippen LogP contribution in [0.2, 0.25) is 5.02 Å². The van der Waals surface area contributed by atoms with Crippen LogP contribution in [0.5, 0.6) is 5.75 Å². The lowest BCUT2D eigenvalue weighted by atomic mass is 9.72. The van der Waals surface area contributed by atoms with Crippen molar-refractivity contribution in [1.82, 2.24) is 5.32 Å². The van der Waals surface area contributed by atoms with Crippen LogP contribution in [0.3, 0.4) is 0 Å². The maximum Gasteiger partial charge on any atom is 0.303 e. The monoisotopic (exact) mass is 296 g/mol. The van der Waals surface area contributed by atoms with E-state index >= 15 is 0 Å². The average molecular weight is 297 g/mol. The number of benzene rings is 1. The van der Waals surface area contributed by atoms with Crippen LogP contribution >= 0.6 is 11.6 Å². The van der Waals surface area contributed by atoms with Crippen molar-refractivity contribution < 1.29 is 14.6 Å². The largest absolute Gasteiger partial charge is 0.481 e. The van der Waals surface area contributed by atoms with Gasteiger partial charge >= 0.3 is 5.97 Å². The first-order valence-electron chi connectivity index (χ1n) is 6.69. The zero-order chi connectivity index (χ0) is 14.3. The van der Waals surface area contributed by atoms with E-state index in [0.717, 1.165) is 12.1 Å². The molecule has 0 saturated carbocycles. The number of hydrogen-bond acceptors (Lipinski definition) is 4. The van der Waals surface area contributed by atoms with Crippen molar-refractivity contribution in [3.63, 3.8) is 0 Å². The number of ether oxygens (including phenoxy) is 1. The van der Waals surface area contributed by atoms with Gasteiger partial charge in [-0.25, -0.2) is 0 Å². The molecule has 1 aromatic rings. The van der Waals surface area contributed by atoms with E-state index in [9.17, 15) is 9.90 Å². The molecule has 2 aliphatic rings. The van der Waals surface area contributed by atoms with Gasteiger partial charge in [0.15, 0.2) is 5.72 Å². The topological polar surface area (TPSA) is 84.6 Å². The molecule has 0 radical (unpaired) electrons. The summed E-state index contributed by atoms with van der Waals surface area (Å²) in [6, 6.07) is 5.31. The van der Waals surface area contributed by atoms with E-state index in [1.54, 1.807) is 18.2 Å². The second-order valence-electron chi connectivity index (χ2n) is 5.50. The summed E-state index contributed by atoms with van der Waals surface area (Å²) >= 11 is 6.04. The smallest absolute Gasteiger partial charge is 0.303 e. The lowest BCUT2D eigenvalue weighted by Gasteiger charge is -2.48. The highest BCUT2D eigenvalue weighted by Crippen LogP contribution is 2.47. The molecule has 4 N–H and O–H groups in total. The van der Waals surface area contributed by atoms with E-state index < -0.39 is 11.7 Å². The standard InChI is InChI=1S/C14H17ClN2O3/c15-8-1-2-12-10(5-8)9(6-13(18)19)11-7-17-4-3-14(11,16)20-12/h1-2,5,9,11,17H,3-4,6-7,16H2,(H,18,19). The number of nitrogens with one attached hydrogen (secondary N) is 1. The van der Waals surface area contributed by atoms with Crippen molar-refractivity contribution in [1.29, 1.82) is 0 Å². The lowest BCUT2D eigenvalue weighted by molar-refractivity contribution is -0.139. The molecule has 20 heavy (non-hydrogen) atoms. The van der Waals surface area contributed by atoms with E-state index in [4.69, 9.17) is 22.1 Å². The molecule has 108 valence electrons. The van der Waals surface area contributed by atoms with E-state index in [2.05, 4.69) is 5.32 Å². The SMILES string of the molecule is NC12CCNCC1C(CC(=O)O)c1cc(Cl)ccc1O2. The Morgan fingerprint density at radius 3 is 3.15 bits per heavy atom. The minimum Gasteiger partial charge on any atom is -0.481 e. The molecule has 0 aromatic heterocycles. The van der Waals surface area contributed by atoms with Crippen molar-refractivity contribution >= 4 is 17.6 Å². The van der Waals surface area contributed by atoms with Crippen LogP contribution in [0.25, 0.3) is 0 Å². The zero-order valence-electron chi connectivity index (χ0n) is 10.9. The first-order chi connectivity index (χ1) is 9.49. The van der Waals surface area contributed by atoms with E-state index in [-0.39, 0.29) is 18.3 Å². The Kier molecular flexibility index (Phi) is 3.36. The molecule has 2 heterocycles. The van der Waals surface area contributed by atoms with Crippen molar-refractivity contribution in [3.8, 4) is 5.75 Å². The maximum atomic E-state index is 11.2. The normalized spacial score (nSPS) is 31.9. The minimum atomic E-state index is -0.837. The molecule has 6 heteroatoms. The number of carboxylic acid groups (broad SMARTS) is 1. The summed E-state index contributed by atoms with van der Waals surface area (Å²) in [4.78, 5) is 11.2. The van der Waals surface area contributed by atoms with Gasteiger partial charge in [0.05, 0.1) is 6.42 Å². The molecule has 1 saturated heterocycles. The third-order valence-corrected chi connectivity index (χ3v) is 4.47. The number of aliphatic carboxylic acids is 1. The predicted octanol–water partition coefficient (Wildman–Crippen LogP) is 1.56. The summed E-state index contributed by atoms with van der Waals surface area (Å²) in [5, 5.41) is 13.1. The molecule has 0 spiro atoms. The molecule has 5 nitrogen and oxygen atoms in total. The Morgan fingerprint density at radius 1 is 1.60 bits per heavy atom. The fraction of sp³-hybridized carbons (Fsp3) is 0.500. The van der Waals surface area contributed by atoms with Crippen molar-refractivity contribution in [2.75, 3.05) is 13.1 Å². The van der Waals surface area contributed by atoms with Gasteiger partial charge in [-0.3, -0.25) is 10.5 Å². The molecular formula is C14H17ClN2O3. The van der Waals surface area contributed by atoms with E-state index in [1.807, 2.05) is 0 Å². The van der Waals surface area contributed by atoms with Crippen LogP contribution in [0.4, 0.5) is 0 Å². The lowest BCUT2D eigenvalue weighted by Crippen LogP contribution is -2.63. The number of fused-ring (bicyclic) bond motifs is 2. The number of halogens is 1. The summed E-state index contributed by atoms with van der Waals surface area (Å²) in [6.45, 7) is 1.43. The van der Waals surface area contributed by atoms with Crippen LogP contribution in [0.15, 0.2) is 18.2 Å². The molecular weight excluding hydrogens is 280 g/mol. The predicted molar refractivity (Wildman–Crippen MR) is 75.0 cm³/mol. The van der Waals surface area contributed by atoms with Crippen LogP contribution in [0, 0.1) is 5.92 Å². The molecule has 3 unspecified atom stereocenters. The first-order valence-corrected chi connectivity index (χ1v) is 7.07. The molecule has 3 rings (SSSR count). The zero-order valence-corrected chi connectivity index (χ0v) is 11.7. The van der Waals surface area contributed by atoms with Crippen molar-refractivity contribution in [3.05, 3.63) is 28.8 Å². The van der Waals surface area contributed by atoms with Gasteiger partial charge < -0.3 is 15.2 Å². The van der Waals surface area contributed by atoms with E-state index in [1.165, 1.54) is 0 Å². The fourth-order valence-corrected chi connectivity index (χ4v) is 3.45. The molecule has 0 bridgehead atoms. The Hall–Kier alpha value is -1.30. The van der Waals surface area contributed by atoms with Crippen LogP contribution in [-0.2, 0) is 4.79 Å². The molecule has 3 atom stereocenters. The highest BCUT2D eigenvalue weighted by atomic mass is 35.5. The van der Waals surface area contributed by atoms with Gasteiger partial charge in [0.25, 0.3) is 0 Å². The number of carboxylic acids is 1. The summed E-state index contributed by atoms with van der Waals surface area (Å²) in [7, 11) is 0. The third kappa shape index (κ3) is 2.26. The van der Waals surface area contributed by atoms with Gasteiger partial charge in [0.2, 0.25) is 0 Å². The number of rotatable bonds is 2.